The minimum atomic E-state index is -3.63. The summed E-state index contributed by atoms with van der Waals surface area (Å²) in [5.74, 6) is 0. The molecule has 1 saturated carbocycles. The van der Waals surface area contributed by atoms with Crippen molar-refractivity contribution in [2.24, 2.45) is 5.73 Å². The van der Waals surface area contributed by atoms with Crippen molar-refractivity contribution < 1.29 is 8.42 Å². The lowest BCUT2D eigenvalue weighted by atomic mass is 9.80. The van der Waals surface area contributed by atoms with E-state index in [1.807, 2.05) is 6.92 Å². The molecule has 0 aliphatic heterocycles. The first-order valence-electron chi connectivity index (χ1n) is 5.63. The van der Waals surface area contributed by atoms with Crippen LogP contribution in [0.3, 0.4) is 0 Å². The summed E-state index contributed by atoms with van der Waals surface area (Å²) in [5.41, 5.74) is 5.28. The van der Waals surface area contributed by atoms with Crippen LogP contribution in [0.4, 0.5) is 0 Å². The Balaban J connectivity index is 2.38. The Bertz CT molecular complexity index is 580. The van der Waals surface area contributed by atoms with Crippen molar-refractivity contribution in [3.63, 3.8) is 0 Å². The maximum Gasteiger partial charge on any atom is 0.243 e. The van der Waals surface area contributed by atoms with Crippen LogP contribution < -0.4 is 10.5 Å². The summed E-state index contributed by atoms with van der Waals surface area (Å²) in [6.45, 7) is 1.89. The number of pyridine rings is 1. The summed E-state index contributed by atoms with van der Waals surface area (Å²) in [4.78, 5) is 3.96. The van der Waals surface area contributed by atoms with Gasteiger partial charge in [-0.1, -0.05) is 12.2 Å². The van der Waals surface area contributed by atoms with Gasteiger partial charge < -0.3 is 5.73 Å². The molecule has 1 aliphatic carbocycles. The van der Waals surface area contributed by atoms with Gasteiger partial charge in [-0.25, -0.2) is 13.1 Å². The number of rotatable bonds is 4. The van der Waals surface area contributed by atoms with Gasteiger partial charge in [-0.05, 0) is 38.3 Å². The molecule has 0 bridgehead atoms. The SMILES string of the molecule is CC1(NS(=O)(=O)c2cccnc2C(N)=S)CCC1. The molecule has 98 valence electrons. The van der Waals surface area contributed by atoms with Crippen LogP contribution in [0.15, 0.2) is 23.2 Å². The molecule has 1 heterocycles. The van der Waals surface area contributed by atoms with Crippen molar-refractivity contribution in [3.05, 3.63) is 24.0 Å². The van der Waals surface area contributed by atoms with Crippen LogP contribution in [0.25, 0.3) is 0 Å². The first-order chi connectivity index (χ1) is 8.34. The number of aromatic nitrogens is 1. The van der Waals surface area contributed by atoms with E-state index in [9.17, 15) is 8.42 Å². The fourth-order valence-electron chi connectivity index (χ4n) is 1.98. The second-order valence-corrected chi connectivity index (χ2v) is 6.82. The molecule has 18 heavy (non-hydrogen) atoms. The third-order valence-electron chi connectivity index (χ3n) is 3.13. The quantitative estimate of drug-likeness (QED) is 0.804. The smallest absolute Gasteiger partial charge is 0.243 e. The highest BCUT2D eigenvalue weighted by atomic mass is 32.2. The number of nitrogens with one attached hydrogen (secondary N) is 1. The van der Waals surface area contributed by atoms with Crippen LogP contribution >= 0.6 is 12.2 Å². The maximum atomic E-state index is 12.3. The van der Waals surface area contributed by atoms with Crippen molar-refractivity contribution in [3.8, 4) is 0 Å². The zero-order valence-corrected chi connectivity index (χ0v) is 11.6. The molecule has 1 aliphatic rings. The molecule has 2 rings (SSSR count). The molecule has 0 amide bonds. The van der Waals surface area contributed by atoms with E-state index in [1.54, 1.807) is 6.07 Å². The van der Waals surface area contributed by atoms with Crippen LogP contribution in [-0.2, 0) is 10.0 Å². The van der Waals surface area contributed by atoms with Crippen LogP contribution in [0.5, 0.6) is 0 Å². The monoisotopic (exact) mass is 285 g/mol. The van der Waals surface area contributed by atoms with E-state index < -0.39 is 10.0 Å². The molecule has 0 unspecified atom stereocenters. The van der Waals surface area contributed by atoms with Crippen molar-refractivity contribution >= 4 is 27.2 Å². The summed E-state index contributed by atoms with van der Waals surface area (Å²) in [5, 5.41) is 0. The Hall–Kier alpha value is -1.05. The Morgan fingerprint density at radius 3 is 2.72 bits per heavy atom. The Morgan fingerprint density at radius 1 is 1.56 bits per heavy atom. The summed E-state index contributed by atoms with van der Waals surface area (Å²) in [6.07, 6.45) is 4.19. The van der Waals surface area contributed by atoms with E-state index in [-0.39, 0.29) is 21.1 Å². The Kier molecular flexibility index (Phi) is 3.39. The minimum absolute atomic E-state index is 0.0188. The number of hydrogen-bond donors (Lipinski definition) is 2. The molecule has 5 nitrogen and oxygen atoms in total. The molecule has 1 aromatic heterocycles. The second-order valence-electron chi connectivity index (χ2n) is 4.73. The lowest BCUT2D eigenvalue weighted by Gasteiger charge is -2.38. The van der Waals surface area contributed by atoms with E-state index in [1.165, 1.54) is 12.3 Å². The van der Waals surface area contributed by atoms with Crippen LogP contribution in [0.2, 0.25) is 0 Å². The molecule has 0 atom stereocenters. The fourth-order valence-corrected chi connectivity index (χ4v) is 3.85. The zero-order chi connectivity index (χ0) is 13.4. The van der Waals surface area contributed by atoms with E-state index in [2.05, 4.69) is 9.71 Å². The van der Waals surface area contributed by atoms with E-state index in [0.29, 0.717) is 0 Å². The number of thiocarbonyl (C=S) groups is 1. The normalized spacial score (nSPS) is 18.1. The molecule has 0 radical (unpaired) electrons. The summed E-state index contributed by atoms with van der Waals surface area (Å²) in [7, 11) is -3.63. The third kappa shape index (κ3) is 2.52. The molecular weight excluding hydrogens is 270 g/mol. The van der Waals surface area contributed by atoms with Gasteiger partial charge in [0.2, 0.25) is 10.0 Å². The lowest BCUT2D eigenvalue weighted by Crippen LogP contribution is -2.51. The maximum absolute atomic E-state index is 12.3. The van der Waals surface area contributed by atoms with Gasteiger partial charge in [0.25, 0.3) is 0 Å². The number of hydrogen-bond acceptors (Lipinski definition) is 4. The molecule has 3 N–H and O–H groups in total. The first-order valence-corrected chi connectivity index (χ1v) is 7.52. The average molecular weight is 285 g/mol. The van der Waals surface area contributed by atoms with Crippen molar-refractivity contribution in [1.29, 1.82) is 0 Å². The van der Waals surface area contributed by atoms with Gasteiger partial charge in [0.15, 0.2) is 0 Å². The van der Waals surface area contributed by atoms with Crippen molar-refractivity contribution in [1.82, 2.24) is 9.71 Å². The minimum Gasteiger partial charge on any atom is -0.388 e. The highest BCUT2D eigenvalue weighted by Gasteiger charge is 2.37. The van der Waals surface area contributed by atoms with Crippen molar-refractivity contribution in [2.75, 3.05) is 0 Å². The predicted molar refractivity (Wildman–Crippen MR) is 72.7 cm³/mol. The van der Waals surface area contributed by atoms with Crippen molar-refractivity contribution in [2.45, 2.75) is 36.6 Å². The molecule has 0 spiro atoms. The molecule has 7 heteroatoms. The number of nitrogens with two attached hydrogens (primary N) is 1. The van der Waals surface area contributed by atoms with E-state index >= 15 is 0 Å². The van der Waals surface area contributed by atoms with Crippen LogP contribution in [0, 0.1) is 0 Å². The molecule has 1 aromatic rings. The average Bonchev–Trinajstić information content (AvgIpc) is 2.26. The summed E-state index contributed by atoms with van der Waals surface area (Å²) < 4.78 is 27.3. The standard InChI is InChI=1S/C11H15N3O2S2/c1-11(5-3-6-11)14-18(15,16)8-4-2-7-13-9(8)10(12)17/h2,4,7,14H,3,5-6H2,1H3,(H2,12,17). The van der Waals surface area contributed by atoms with Gasteiger partial charge in [0.05, 0.1) is 0 Å². The molecule has 1 fully saturated rings. The zero-order valence-electron chi connectivity index (χ0n) is 10.0. The highest BCUT2D eigenvalue weighted by molar-refractivity contribution is 7.89. The van der Waals surface area contributed by atoms with Gasteiger partial charge in [0.1, 0.15) is 15.6 Å². The number of nitrogens with zero attached hydrogens (tertiary/aromatic N) is 1. The van der Waals surface area contributed by atoms with Gasteiger partial charge in [-0.15, -0.1) is 0 Å². The van der Waals surface area contributed by atoms with E-state index in [4.69, 9.17) is 18.0 Å². The predicted octanol–water partition coefficient (Wildman–Crippen LogP) is 0.937. The molecular formula is C11H15N3O2S2. The molecule has 0 aromatic carbocycles. The lowest BCUT2D eigenvalue weighted by molar-refractivity contribution is 0.248. The van der Waals surface area contributed by atoms with E-state index in [0.717, 1.165) is 19.3 Å². The van der Waals surface area contributed by atoms with Crippen LogP contribution in [0.1, 0.15) is 31.9 Å². The molecule has 0 saturated heterocycles. The Labute approximate surface area is 112 Å². The topological polar surface area (TPSA) is 85.1 Å². The summed E-state index contributed by atoms with van der Waals surface area (Å²) >= 11 is 4.83. The van der Waals surface area contributed by atoms with Gasteiger partial charge >= 0.3 is 0 Å². The van der Waals surface area contributed by atoms with Gasteiger partial charge in [-0.2, -0.15) is 0 Å². The van der Waals surface area contributed by atoms with Gasteiger partial charge in [-0.3, -0.25) is 4.98 Å². The third-order valence-corrected chi connectivity index (χ3v) is 4.99. The number of sulfonamides is 1. The second kappa shape index (κ2) is 4.56. The largest absolute Gasteiger partial charge is 0.388 e. The first kappa shape index (κ1) is 13.4. The Morgan fingerprint density at radius 2 is 2.22 bits per heavy atom. The highest BCUT2D eigenvalue weighted by Crippen LogP contribution is 2.32. The van der Waals surface area contributed by atoms with Gasteiger partial charge in [0, 0.05) is 11.7 Å². The van der Waals surface area contributed by atoms with Crippen LogP contribution in [-0.4, -0.2) is 23.9 Å². The summed E-state index contributed by atoms with van der Waals surface area (Å²) in [6, 6.07) is 3.02. The fraction of sp³-hybridized carbons (Fsp3) is 0.455.